The van der Waals surface area contributed by atoms with Gasteiger partial charge in [0.05, 0.1) is 11.9 Å². The molecule has 0 spiro atoms. The Hall–Kier alpha value is -4.20. The Morgan fingerprint density at radius 1 is 0.967 bits per heavy atom. The van der Waals surface area contributed by atoms with Crippen LogP contribution in [0.25, 0.3) is 11.5 Å². The van der Waals surface area contributed by atoms with Gasteiger partial charge in [0.1, 0.15) is 11.4 Å². The number of amides is 2. The minimum absolute atomic E-state index is 0.247. The van der Waals surface area contributed by atoms with E-state index in [-0.39, 0.29) is 17.6 Å². The molecule has 30 heavy (non-hydrogen) atoms. The van der Waals surface area contributed by atoms with Crippen molar-refractivity contribution in [1.82, 2.24) is 19.7 Å². The molecule has 0 saturated heterocycles. The Kier molecular flexibility index (Phi) is 5.13. The molecule has 0 saturated carbocycles. The molecule has 0 unspecified atom stereocenters. The average Bonchev–Trinajstić information content (AvgIpc) is 3.43. The fraction of sp³-hybridized carbons (Fsp3) is 0.0455. The van der Waals surface area contributed by atoms with Crippen molar-refractivity contribution in [3.05, 3.63) is 96.2 Å². The molecule has 150 valence electrons. The number of halogens is 1. The van der Waals surface area contributed by atoms with E-state index in [4.69, 9.17) is 0 Å². The van der Waals surface area contributed by atoms with Crippen LogP contribution in [0.4, 0.5) is 10.1 Å². The van der Waals surface area contributed by atoms with Crippen molar-refractivity contribution in [2.45, 2.75) is 0 Å². The Morgan fingerprint density at radius 3 is 2.40 bits per heavy atom. The van der Waals surface area contributed by atoms with Crippen molar-refractivity contribution >= 4 is 17.5 Å². The molecule has 4 rings (SSSR count). The largest absolute Gasteiger partial charge is 0.355 e. The molecule has 2 aromatic carbocycles. The van der Waals surface area contributed by atoms with Crippen LogP contribution >= 0.6 is 0 Å². The van der Waals surface area contributed by atoms with Gasteiger partial charge in [-0.1, -0.05) is 6.07 Å². The molecule has 2 heterocycles. The van der Waals surface area contributed by atoms with Crippen LogP contribution in [0.2, 0.25) is 0 Å². The molecule has 0 atom stereocenters. The Balaban J connectivity index is 1.71. The minimum Gasteiger partial charge on any atom is -0.355 e. The predicted molar refractivity (Wildman–Crippen MR) is 111 cm³/mol. The van der Waals surface area contributed by atoms with E-state index < -0.39 is 0 Å². The predicted octanol–water partition coefficient (Wildman–Crippen LogP) is 3.41. The maximum atomic E-state index is 13.3. The first kappa shape index (κ1) is 19.1. The second-order valence-electron chi connectivity index (χ2n) is 6.47. The lowest BCUT2D eigenvalue weighted by Gasteiger charge is -2.11. The second-order valence-corrected chi connectivity index (χ2v) is 6.47. The summed E-state index contributed by atoms with van der Waals surface area (Å²) in [6, 6.07) is 16.1. The maximum Gasteiger partial charge on any atom is 0.261 e. The quantitative estimate of drug-likeness (QED) is 0.536. The summed E-state index contributed by atoms with van der Waals surface area (Å²) in [6.45, 7) is 0. The van der Waals surface area contributed by atoms with Crippen LogP contribution in [0.3, 0.4) is 0 Å². The van der Waals surface area contributed by atoms with E-state index in [1.54, 1.807) is 65.1 Å². The topological polar surface area (TPSA) is 81.0 Å². The van der Waals surface area contributed by atoms with Gasteiger partial charge in [-0.05, 0) is 54.6 Å². The number of hydrogen-bond donors (Lipinski definition) is 2. The standard InChI is InChI=1S/C22H18FN5O2/c1-24-20(29)15-5-4-6-17(13-15)26-21(30)19-14-25-28(18-9-7-16(23)8-10-18)22(19)27-11-2-3-12-27/h2-14H,1H3,(H,24,29)(H,26,30). The van der Waals surface area contributed by atoms with Crippen LogP contribution in [0.15, 0.2) is 79.3 Å². The van der Waals surface area contributed by atoms with E-state index in [1.165, 1.54) is 18.3 Å². The van der Waals surface area contributed by atoms with E-state index in [0.29, 0.717) is 28.3 Å². The summed E-state index contributed by atoms with van der Waals surface area (Å²) in [7, 11) is 1.54. The number of nitrogens with zero attached hydrogens (tertiary/aromatic N) is 3. The number of carbonyl (C=O) groups excluding carboxylic acids is 2. The third-order valence-electron chi connectivity index (χ3n) is 4.52. The first-order chi connectivity index (χ1) is 14.6. The summed E-state index contributed by atoms with van der Waals surface area (Å²) in [6.07, 6.45) is 5.04. The van der Waals surface area contributed by atoms with Crippen molar-refractivity contribution in [3.8, 4) is 11.5 Å². The van der Waals surface area contributed by atoms with Crippen molar-refractivity contribution in [3.63, 3.8) is 0 Å². The number of rotatable bonds is 5. The SMILES string of the molecule is CNC(=O)c1cccc(NC(=O)c2cnn(-c3ccc(F)cc3)c2-n2cccc2)c1. The van der Waals surface area contributed by atoms with Crippen LogP contribution in [0, 0.1) is 5.82 Å². The van der Waals surface area contributed by atoms with Gasteiger partial charge in [-0.2, -0.15) is 5.10 Å². The number of hydrogen-bond acceptors (Lipinski definition) is 3. The van der Waals surface area contributed by atoms with Crippen molar-refractivity contribution in [2.75, 3.05) is 12.4 Å². The fourth-order valence-electron chi connectivity index (χ4n) is 3.08. The number of benzene rings is 2. The highest BCUT2D eigenvalue weighted by Crippen LogP contribution is 2.22. The minimum atomic E-state index is -0.388. The Labute approximate surface area is 171 Å². The Bertz CT molecular complexity index is 1200. The van der Waals surface area contributed by atoms with E-state index in [9.17, 15) is 14.0 Å². The maximum absolute atomic E-state index is 13.3. The first-order valence-electron chi connectivity index (χ1n) is 9.17. The normalized spacial score (nSPS) is 10.6. The zero-order chi connectivity index (χ0) is 21.1. The number of carbonyl (C=O) groups is 2. The van der Waals surface area contributed by atoms with Crippen molar-refractivity contribution in [1.29, 1.82) is 0 Å². The zero-order valence-corrected chi connectivity index (χ0v) is 16.0. The lowest BCUT2D eigenvalue weighted by molar-refractivity contribution is 0.0961. The van der Waals surface area contributed by atoms with E-state index in [2.05, 4.69) is 15.7 Å². The molecule has 0 aliphatic heterocycles. The smallest absolute Gasteiger partial charge is 0.261 e. The van der Waals surface area contributed by atoms with Crippen molar-refractivity contribution in [2.24, 2.45) is 0 Å². The highest BCUT2D eigenvalue weighted by atomic mass is 19.1. The molecule has 7 nitrogen and oxygen atoms in total. The molecule has 2 amide bonds. The summed E-state index contributed by atoms with van der Waals surface area (Å²) in [4.78, 5) is 24.9. The molecule has 0 fully saturated rings. The Morgan fingerprint density at radius 2 is 1.70 bits per heavy atom. The molecule has 0 bridgehead atoms. The molecule has 0 aliphatic rings. The van der Waals surface area contributed by atoms with E-state index in [0.717, 1.165) is 0 Å². The van der Waals surface area contributed by atoms with Crippen LogP contribution in [0.5, 0.6) is 0 Å². The molecule has 8 heteroatoms. The summed E-state index contributed by atoms with van der Waals surface area (Å²) in [5.74, 6) is -0.488. The third kappa shape index (κ3) is 3.70. The van der Waals surface area contributed by atoms with E-state index >= 15 is 0 Å². The summed E-state index contributed by atoms with van der Waals surface area (Å²) < 4.78 is 16.7. The van der Waals surface area contributed by atoms with Crippen molar-refractivity contribution < 1.29 is 14.0 Å². The van der Waals surface area contributed by atoms with Gasteiger partial charge in [0.2, 0.25) is 0 Å². The fourth-order valence-corrected chi connectivity index (χ4v) is 3.08. The zero-order valence-electron chi connectivity index (χ0n) is 16.0. The van der Waals surface area contributed by atoms with Gasteiger partial charge >= 0.3 is 0 Å². The highest BCUT2D eigenvalue weighted by molar-refractivity contribution is 6.07. The number of nitrogens with one attached hydrogen (secondary N) is 2. The van der Waals surface area contributed by atoms with E-state index in [1.807, 2.05) is 12.1 Å². The highest BCUT2D eigenvalue weighted by Gasteiger charge is 2.20. The molecule has 4 aromatic rings. The molecule has 0 radical (unpaired) electrons. The van der Waals surface area contributed by atoms with Gasteiger partial charge < -0.3 is 15.2 Å². The van der Waals surface area contributed by atoms with Gasteiger partial charge in [0.25, 0.3) is 11.8 Å². The van der Waals surface area contributed by atoms with Crippen LogP contribution in [0.1, 0.15) is 20.7 Å². The van der Waals surface area contributed by atoms with Gasteiger partial charge in [0.15, 0.2) is 5.82 Å². The molecule has 2 aromatic heterocycles. The van der Waals surface area contributed by atoms with Gasteiger partial charge in [-0.15, -0.1) is 0 Å². The molecule has 2 N–H and O–H groups in total. The molecular weight excluding hydrogens is 385 g/mol. The van der Waals surface area contributed by atoms with Crippen LogP contribution in [-0.4, -0.2) is 33.2 Å². The summed E-state index contributed by atoms with van der Waals surface area (Å²) >= 11 is 0. The third-order valence-corrected chi connectivity index (χ3v) is 4.52. The van der Waals surface area contributed by atoms with Gasteiger partial charge in [0, 0.05) is 30.7 Å². The second kappa shape index (κ2) is 8.04. The summed E-state index contributed by atoms with van der Waals surface area (Å²) in [5, 5.41) is 9.70. The monoisotopic (exact) mass is 403 g/mol. The lowest BCUT2D eigenvalue weighted by Crippen LogP contribution is -2.19. The van der Waals surface area contributed by atoms with Crippen LogP contribution < -0.4 is 10.6 Å². The van der Waals surface area contributed by atoms with Gasteiger partial charge in [-0.3, -0.25) is 9.59 Å². The number of anilines is 1. The van der Waals surface area contributed by atoms with Crippen LogP contribution in [-0.2, 0) is 0 Å². The molecule has 0 aliphatic carbocycles. The average molecular weight is 403 g/mol. The number of aromatic nitrogens is 3. The van der Waals surface area contributed by atoms with Gasteiger partial charge in [-0.25, -0.2) is 9.07 Å². The first-order valence-corrected chi connectivity index (χ1v) is 9.17. The lowest BCUT2D eigenvalue weighted by atomic mass is 10.2. The summed E-state index contributed by atoms with van der Waals surface area (Å²) in [5.41, 5.74) is 1.85. The molecular formula is C22H18FN5O2.